The molecule has 1 fully saturated rings. The molecule has 0 bridgehead atoms. The van der Waals surface area contributed by atoms with Gasteiger partial charge in [-0.25, -0.2) is 0 Å². The Morgan fingerprint density at radius 1 is 1.13 bits per heavy atom. The van der Waals surface area contributed by atoms with E-state index in [1.54, 1.807) is 28.7 Å². The summed E-state index contributed by atoms with van der Waals surface area (Å²) in [4.78, 5) is 12.0. The van der Waals surface area contributed by atoms with Crippen molar-refractivity contribution in [3.8, 4) is 0 Å². The van der Waals surface area contributed by atoms with Crippen LogP contribution in [0.5, 0.6) is 0 Å². The van der Waals surface area contributed by atoms with Crippen molar-refractivity contribution in [1.29, 1.82) is 0 Å². The molecule has 135 valence electrons. The van der Waals surface area contributed by atoms with Crippen LogP contribution < -0.4 is 0 Å². The Morgan fingerprint density at radius 2 is 1.70 bits per heavy atom. The number of piperidine rings is 1. The van der Waals surface area contributed by atoms with Crippen molar-refractivity contribution in [2.75, 3.05) is 25.2 Å². The number of ether oxygens (including phenoxy) is 2. The average molecular weight is 365 g/mol. The van der Waals surface area contributed by atoms with Crippen molar-refractivity contribution < 1.29 is 19.5 Å². The van der Waals surface area contributed by atoms with E-state index in [0.717, 1.165) is 29.6 Å². The highest BCUT2D eigenvalue weighted by atomic mass is 33.1. The Bertz CT molecular complexity index is 359. The van der Waals surface area contributed by atoms with Crippen molar-refractivity contribution >= 4 is 27.6 Å². The van der Waals surface area contributed by atoms with E-state index < -0.39 is 11.1 Å². The van der Waals surface area contributed by atoms with Gasteiger partial charge >= 0.3 is 5.97 Å². The first-order valence-corrected chi connectivity index (χ1v) is 10.6. The smallest absolute Gasteiger partial charge is 0.306 e. The molecule has 1 aliphatic rings. The summed E-state index contributed by atoms with van der Waals surface area (Å²) in [6.07, 6.45) is 2.27. The molecule has 0 aromatic heterocycles. The van der Waals surface area contributed by atoms with E-state index in [-0.39, 0.29) is 12.1 Å². The molecule has 0 saturated carbocycles. The van der Waals surface area contributed by atoms with Gasteiger partial charge in [0, 0.05) is 49.0 Å². The quantitative estimate of drug-likeness (QED) is 0.353. The van der Waals surface area contributed by atoms with Gasteiger partial charge in [0.15, 0.2) is 0 Å². The summed E-state index contributed by atoms with van der Waals surface area (Å²) in [5, 5.41) is 13.4. The molecule has 7 heteroatoms. The van der Waals surface area contributed by atoms with Gasteiger partial charge < -0.3 is 9.47 Å². The highest BCUT2D eigenvalue weighted by Gasteiger charge is 2.47. The molecule has 1 heterocycles. The second kappa shape index (κ2) is 9.51. The summed E-state index contributed by atoms with van der Waals surface area (Å²) in [6, 6.07) is 0. The van der Waals surface area contributed by atoms with Crippen LogP contribution in [0.4, 0.5) is 0 Å². The lowest BCUT2D eigenvalue weighted by atomic mass is 9.80. The van der Waals surface area contributed by atoms with Gasteiger partial charge in [0.1, 0.15) is 6.10 Å². The van der Waals surface area contributed by atoms with E-state index in [9.17, 15) is 10.0 Å². The maximum absolute atomic E-state index is 12.3. The zero-order chi connectivity index (χ0) is 17.5. The lowest BCUT2D eigenvalue weighted by Gasteiger charge is -2.49. The molecule has 0 atom stereocenters. The third-order valence-corrected chi connectivity index (χ3v) is 6.37. The molecule has 0 unspecified atom stereocenters. The fourth-order valence-electron chi connectivity index (χ4n) is 3.01. The van der Waals surface area contributed by atoms with Gasteiger partial charge in [-0.15, -0.1) is 10.3 Å². The third kappa shape index (κ3) is 7.22. The molecule has 1 rings (SSSR count). The topological polar surface area (TPSA) is 58.7 Å². The van der Waals surface area contributed by atoms with Crippen LogP contribution in [0.25, 0.3) is 0 Å². The first kappa shape index (κ1) is 21.1. The Morgan fingerprint density at radius 3 is 2.26 bits per heavy atom. The summed E-state index contributed by atoms with van der Waals surface area (Å²) in [6.45, 7) is 8.40. The predicted molar refractivity (Wildman–Crippen MR) is 95.8 cm³/mol. The van der Waals surface area contributed by atoms with Gasteiger partial charge in [-0.1, -0.05) is 21.6 Å². The molecule has 5 nitrogen and oxygen atoms in total. The predicted octanol–water partition coefficient (Wildman–Crippen LogP) is 3.70. The van der Waals surface area contributed by atoms with E-state index in [1.807, 2.05) is 27.7 Å². The van der Waals surface area contributed by atoms with E-state index >= 15 is 0 Å². The minimum atomic E-state index is -0.499. The van der Waals surface area contributed by atoms with Crippen LogP contribution in [-0.2, 0) is 19.5 Å². The molecule has 0 spiro atoms. The van der Waals surface area contributed by atoms with Gasteiger partial charge in [-0.05, 0) is 34.1 Å². The maximum Gasteiger partial charge on any atom is 0.306 e. The summed E-state index contributed by atoms with van der Waals surface area (Å²) in [7, 11) is 5.22. The summed E-state index contributed by atoms with van der Waals surface area (Å²) in [5.41, 5.74) is -0.999. The number of carbonyl (C=O) groups excluding carboxylic acids is 1. The average Bonchev–Trinajstić information content (AvgIpc) is 2.43. The number of esters is 1. The highest BCUT2D eigenvalue weighted by molar-refractivity contribution is 8.76. The number of hydrogen-bond acceptors (Lipinski definition) is 6. The second-order valence-corrected chi connectivity index (χ2v) is 9.88. The number of hydroxylamine groups is 2. The number of rotatable bonds is 9. The molecule has 1 saturated heterocycles. The molecule has 0 amide bonds. The summed E-state index contributed by atoms with van der Waals surface area (Å²) < 4.78 is 10.6. The van der Waals surface area contributed by atoms with Crippen LogP contribution in [-0.4, -0.2) is 53.4 Å². The molecule has 0 aliphatic carbocycles. The van der Waals surface area contributed by atoms with Crippen molar-refractivity contribution in [3.05, 3.63) is 0 Å². The number of carbonyl (C=O) groups is 1. The third-order valence-electron chi connectivity index (χ3n) is 3.91. The molecular weight excluding hydrogens is 334 g/mol. The normalized spacial score (nSPS) is 21.3. The first-order chi connectivity index (χ1) is 10.7. The number of methoxy groups -OCH3 is 1. The van der Waals surface area contributed by atoms with Crippen molar-refractivity contribution in [3.63, 3.8) is 0 Å². The fourth-order valence-corrected chi connectivity index (χ4v) is 5.01. The lowest BCUT2D eigenvalue weighted by molar-refractivity contribution is -0.299. The highest BCUT2D eigenvalue weighted by Crippen LogP contribution is 2.38. The van der Waals surface area contributed by atoms with Crippen LogP contribution >= 0.6 is 21.6 Å². The lowest BCUT2D eigenvalue weighted by Crippen LogP contribution is -2.60. The van der Waals surface area contributed by atoms with Crippen molar-refractivity contribution in [2.45, 2.75) is 70.6 Å². The molecular formula is C16H30NO4S2. The number of hydrogen-bond donors (Lipinski definition) is 0. The van der Waals surface area contributed by atoms with Gasteiger partial charge in [0.25, 0.3) is 0 Å². The standard InChI is InChI=1S/C16H30NO4S2/c1-15(2)11-13(12-16(3,4)17(15)19)21-14(18)7-6-9-22-23-10-8-20-5/h13H,6-12H2,1-5H3. The molecule has 0 aromatic rings. The molecule has 1 aliphatic heterocycles. The first-order valence-electron chi connectivity index (χ1n) is 8.09. The number of nitrogens with zero attached hydrogens (tertiary/aromatic N) is 1. The SMILES string of the molecule is COCCSSCCCC(=O)OC1CC(C)(C)N([O])C(C)(C)C1. The van der Waals surface area contributed by atoms with Gasteiger partial charge in [0.05, 0.1) is 6.61 Å². The molecule has 0 N–H and O–H groups in total. The minimum Gasteiger partial charge on any atom is -0.462 e. The van der Waals surface area contributed by atoms with Crippen LogP contribution in [0.2, 0.25) is 0 Å². The second-order valence-electron chi connectivity index (χ2n) is 7.18. The zero-order valence-electron chi connectivity index (χ0n) is 14.9. The molecule has 23 heavy (non-hydrogen) atoms. The van der Waals surface area contributed by atoms with Gasteiger partial charge in [-0.2, -0.15) is 0 Å². The van der Waals surface area contributed by atoms with Crippen molar-refractivity contribution in [2.24, 2.45) is 0 Å². The van der Waals surface area contributed by atoms with E-state index in [2.05, 4.69) is 0 Å². The monoisotopic (exact) mass is 364 g/mol. The van der Waals surface area contributed by atoms with Crippen molar-refractivity contribution in [1.82, 2.24) is 5.06 Å². The van der Waals surface area contributed by atoms with Crippen LogP contribution in [0.1, 0.15) is 53.4 Å². The van der Waals surface area contributed by atoms with Crippen LogP contribution in [0, 0.1) is 0 Å². The molecule has 1 radical (unpaired) electrons. The summed E-state index contributed by atoms with van der Waals surface area (Å²) in [5.74, 6) is 1.74. The zero-order valence-corrected chi connectivity index (χ0v) is 16.6. The Balaban J connectivity index is 2.26. The summed E-state index contributed by atoms with van der Waals surface area (Å²) >= 11 is 0. The Kier molecular flexibility index (Phi) is 8.72. The fraction of sp³-hybridized carbons (Fsp3) is 0.938. The van der Waals surface area contributed by atoms with Crippen LogP contribution in [0.3, 0.4) is 0 Å². The van der Waals surface area contributed by atoms with E-state index in [0.29, 0.717) is 19.3 Å². The minimum absolute atomic E-state index is 0.150. The Labute approximate surface area is 148 Å². The van der Waals surface area contributed by atoms with Crippen LogP contribution in [0.15, 0.2) is 0 Å². The van der Waals surface area contributed by atoms with E-state index in [1.165, 1.54) is 0 Å². The Hall–Kier alpha value is 0.0500. The van der Waals surface area contributed by atoms with Gasteiger partial charge in [0.2, 0.25) is 0 Å². The largest absolute Gasteiger partial charge is 0.462 e. The molecule has 0 aromatic carbocycles. The maximum atomic E-state index is 12.3. The van der Waals surface area contributed by atoms with Gasteiger partial charge in [-0.3, -0.25) is 4.79 Å². The van der Waals surface area contributed by atoms with E-state index in [4.69, 9.17) is 9.47 Å².